The lowest BCUT2D eigenvalue weighted by molar-refractivity contribution is -0.118. The summed E-state index contributed by atoms with van der Waals surface area (Å²) in [5.41, 5.74) is 4.35. The number of Topliss-reactive ketones (excluding diaryl/α,β-unsaturated/α-hetero) is 1. The monoisotopic (exact) mass is 481 g/mol. The van der Waals surface area contributed by atoms with Crippen LogP contribution >= 0.6 is 23.2 Å². The molecule has 6 nitrogen and oxygen atoms in total. The Morgan fingerprint density at radius 1 is 1.06 bits per heavy atom. The van der Waals surface area contributed by atoms with Gasteiger partial charge < -0.3 is 10.2 Å². The van der Waals surface area contributed by atoms with E-state index >= 15 is 0 Å². The van der Waals surface area contributed by atoms with E-state index in [1.54, 1.807) is 10.7 Å². The molecule has 8 heteroatoms. The number of rotatable bonds is 3. The third-order valence-electron chi connectivity index (χ3n) is 6.23. The molecule has 1 unspecified atom stereocenters. The minimum atomic E-state index is -0.420. The summed E-state index contributed by atoms with van der Waals surface area (Å²) in [7, 11) is 4.01. The molecule has 2 aromatic carbocycles. The van der Waals surface area contributed by atoms with Gasteiger partial charge in [-0.15, -0.1) is 5.10 Å². The number of halogens is 2. The SMILES string of the molecule is CN(C)c1ccc(-c2nc3n(n2)C(c2ccc(Cl)c(Cl)c2)C2=C(CC(C)(C)CC2=O)N3)cc1. The van der Waals surface area contributed by atoms with E-state index in [4.69, 9.17) is 33.3 Å². The van der Waals surface area contributed by atoms with Crippen molar-refractivity contribution in [3.05, 3.63) is 69.3 Å². The zero-order chi connectivity index (χ0) is 23.5. The number of carbonyl (C=O) groups is 1. The second-order valence-electron chi connectivity index (χ2n) is 9.68. The second kappa shape index (κ2) is 7.89. The molecule has 0 radical (unpaired) electrons. The molecule has 0 saturated carbocycles. The van der Waals surface area contributed by atoms with Crippen molar-refractivity contribution in [2.45, 2.75) is 32.7 Å². The fourth-order valence-electron chi connectivity index (χ4n) is 4.63. The number of fused-ring (bicyclic) bond motifs is 1. The normalized spacial score (nSPS) is 19.1. The molecule has 1 aliphatic heterocycles. The van der Waals surface area contributed by atoms with Crippen LogP contribution in [0.1, 0.15) is 38.3 Å². The third-order valence-corrected chi connectivity index (χ3v) is 6.97. The molecule has 3 aromatic rings. The maximum Gasteiger partial charge on any atom is 0.226 e. The van der Waals surface area contributed by atoms with Gasteiger partial charge in [-0.05, 0) is 53.8 Å². The van der Waals surface area contributed by atoms with Crippen molar-refractivity contribution >= 4 is 40.6 Å². The van der Waals surface area contributed by atoms with Gasteiger partial charge in [0.15, 0.2) is 11.6 Å². The van der Waals surface area contributed by atoms with Gasteiger partial charge in [0.25, 0.3) is 0 Å². The molecule has 1 N–H and O–H groups in total. The van der Waals surface area contributed by atoms with E-state index in [2.05, 4.69) is 19.2 Å². The first-order valence-electron chi connectivity index (χ1n) is 10.9. The first kappa shape index (κ1) is 22.0. The summed E-state index contributed by atoms with van der Waals surface area (Å²) in [6.07, 6.45) is 1.24. The number of anilines is 2. The van der Waals surface area contributed by atoms with Crippen molar-refractivity contribution in [3.8, 4) is 11.4 Å². The van der Waals surface area contributed by atoms with Gasteiger partial charge in [0.05, 0.1) is 10.0 Å². The molecule has 2 heterocycles. The molecule has 0 spiro atoms. The predicted molar refractivity (Wildman–Crippen MR) is 133 cm³/mol. The summed E-state index contributed by atoms with van der Waals surface area (Å²) in [4.78, 5) is 20.2. The molecule has 33 heavy (non-hydrogen) atoms. The lowest BCUT2D eigenvalue weighted by atomic mass is 9.73. The number of allylic oxidation sites excluding steroid dienone is 2. The van der Waals surface area contributed by atoms with Gasteiger partial charge in [-0.25, -0.2) is 4.68 Å². The third kappa shape index (κ3) is 3.91. The molecular formula is C25H25Cl2N5O. The van der Waals surface area contributed by atoms with Crippen LogP contribution in [0, 0.1) is 5.41 Å². The van der Waals surface area contributed by atoms with E-state index in [0.29, 0.717) is 28.2 Å². The molecule has 170 valence electrons. The zero-order valence-corrected chi connectivity index (χ0v) is 20.5. The number of aromatic nitrogens is 3. The molecule has 1 aromatic heterocycles. The smallest absolute Gasteiger partial charge is 0.226 e. The Balaban J connectivity index is 1.65. The minimum absolute atomic E-state index is 0.114. The lowest BCUT2D eigenvalue weighted by Crippen LogP contribution is -2.36. The first-order valence-corrected chi connectivity index (χ1v) is 11.6. The van der Waals surface area contributed by atoms with Crippen molar-refractivity contribution in [2.24, 2.45) is 5.41 Å². The topological polar surface area (TPSA) is 63.1 Å². The van der Waals surface area contributed by atoms with Crippen LogP contribution in [0.5, 0.6) is 0 Å². The quantitative estimate of drug-likeness (QED) is 0.498. The van der Waals surface area contributed by atoms with Crippen LogP contribution in [0.2, 0.25) is 10.0 Å². The number of ketones is 1. The zero-order valence-electron chi connectivity index (χ0n) is 19.0. The Labute approximate surface area is 203 Å². The molecule has 1 atom stereocenters. The van der Waals surface area contributed by atoms with Crippen LogP contribution in [0.4, 0.5) is 11.6 Å². The summed E-state index contributed by atoms with van der Waals surface area (Å²) < 4.78 is 1.80. The van der Waals surface area contributed by atoms with Gasteiger partial charge in [0, 0.05) is 43.0 Å². The Morgan fingerprint density at radius 3 is 2.45 bits per heavy atom. The van der Waals surface area contributed by atoms with Crippen LogP contribution < -0.4 is 10.2 Å². The Hall–Kier alpha value is -2.83. The number of hydrogen-bond acceptors (Lipinski definition) is 5. The van der Waals surface area contributed by atoms with Gasteiger partial charge >= 0.3 is 0 Å². The van der Waals surface area contributed by atoms with E-state index in [1.165, 1.54) is 0 Å². The minimum Gasteiger partial charge on any atom is -0.378 e. The highest BCUT2D eigenvalue weighted by Gasteiger charge is 2.42. The van der Waals surface area contributed by atoms with Gasteiger partial charge in [-0.3, -0.25) is 4.79 Å². The number of carbonyl (C=O) groups excluding carboxylic acids is 1. The molecule has 1 aliphatic carbocycles. The largest absolute Gasteiger partial charge is 0.378 e. The molecule has 5 rings (SSSR count). The molecule has 0 bridgehead atoms. The van der Waals surface area contributed by atoms with Crippen molar-refractivity contribution in [1.29, 1.82) is 0 Å². The summed E-state index contributed by atoms with van der Waals surface area (Å²) in [5, 5.41) is 9.16. The molecular weight excluding hydrogens is 457 g/mol. The van der Waals surface area contributed by atoms with Crippen molar-refractivity contribution in [1.82, 2.24) is 14.8 Å². The highest BCUT2D eigenvalue weighted by atomic mass is 35.5. The van der Waals surface area contributed by atoms with Gasteiger partial charge in [0.1, 0.15) is 6.04 Å². The highest BCUT2D eigenvalue weighted by molar-refractivity contribution is 6.42. The van der Waals surface area contributed by atoms with Crippen molar-refractivity contribution < 1.29 is 4.79 Å². The summed E-state index contributed by atoms with van der Waals surface area (Å²) in [6, 6.07) is 13.1. The fourth-order valence-corrected chi connectivity index (χ4v) is 4.94. The van der Waals surface area contributed by atoms with E-state index in [0.717, 1.165) is 34.5 Å². The standard InChI is InChI=1S/C25H25Cl2N5O/c1-25(2)12-19-21(20(33)13-25)22(15-7-10-17(26)18(27)11-15)32-24(28-19)29-23(30-32)14-5-8-16(9-6-14)31(3)4/h5-11,22H,12-13H2,1-4H3,(H,28,29,30). The maximum absolute atomic E-state index is 13.3. The van der Waals surface area contributed by atoms with E-state index in [9.17, 15) is 4.79 Å². The Bertz CT molecular complexity index is 1290. The second-order valence-corrected chi connectivity index (χ2v) is 10.5. The van der Waals surface area contributed by atoms with E-state index in [1.807, 2.05) is 55.4 Å². The number of hydrogen-bond donors (Lipinski definition) is 1. The Morgan fingerprint density at radius 2 is 1.79 bits per heavy atom. The summed E-state index contributed by atoms with van der Waals surface area (Å²) in [5.74, 6) is 1.32. The fraction of sp³-hybridized carbons (Fsp3) is 0.320. The average Bonchev–Trinajstić information content (AvgIpc) is 3.17. The maximum atomic E-state index is 13.3. The van der Waals surface area contributed by atoms with Crippen LogP contribution in [0.3, 0.4) is 0 Å². The molecule has 0 fully saturated rings. The molecule has 0 amide bonds. The van der Waals surface area contributed by atoms with Gasteiger partial charge in [-0.2, -0.15) is 4.98 Å². The van der Waals surface area contributed by atoms with Crippen LogP contribution in [-0.4, -0.2) is 34.6 Å². The van der Waals surface area contributed by atoms with Crippen LogP contribution in [0.15, 0.2) is 53.7 Å². The predicted octanol–water partition coefficient (Wildman–Crippen LogP) is 5.98. The lowest BCUT2D eigenvalue weighted by Gasteiger charge is -2.38. The summed E-state index contributed by atoms with van der Waals surface area (Å²) >= 11 is 12.5. The van der Waals surface area contributed by atoms with Crippen LogP contribution in [-0.2, 0) is 4.79 Å². The van der Waals surface area contributed by atoms with Crippen molar-refractivity contribution in [2.75, 3.05) is 24.3 Å². The molecule has 0 saturated heterocycles. The highest BCUT2D eigenvalue weighted by Crippen LogP contribution is 2.46. The van der Waals surface area contributed by atoms with Crippen LogP contribution in [0.25, 0.3) is 11.4 Å². The Kier molecular flexibility index (Phi) is 5.26. The average molecular weight is 482 g/mol. The van der Waals surface area contributed by atoms with Crippen molar-refractivity contribution in [3.63, 3.8) is 0 Å². The van der Waals surface area contributed by atoms with E-state index < -0.39 is 6.04 Å². The number of nitrogens with zero attached hydrogens (tertiary/aromatic N) is 4. The molecule has 2 aliphatic rings. The summed E-state index contributed by atoms with van der Waals surface area (Å²) in [6.45, 7) is 4.23. The van der Waals surface area contributed by atoms with Gasteiger partial charge in [0.2, 0.25) is 5.95 Å². The van der Waals surface area contributed by atoms with E-state index in [-0.39, 0.29) is 11.2 Å². The number of benzene rings is 2. The van der Waals surface area contributed by atoms with Gasteiger partial charge in [-0.1, -0.05) is 43.1 Å². The first-order chi connectivity index (χ1) is 15.6. The number of nitrogens with one attached hydrogen (secondary N) is 1.